The van der Waals surface area contributed by atoms with Crippen LogP contribution in [-0.2, 0) is 0 Å². The maximum Gasteiger partial charge on any atom is 0.0927 e. The normalized spacial score (nSPS) is 12.3. The van der Waals surface area contributed by atoms with Crippen molar-refractivity contribution in [3.63, 3.8) is 0 Å². The number of para-hydroxylation sites is 1. The highest BCUT2D eigenvalue weighted by Gasteiger charge is 2.10. The molecule has 3 nitrogen and oxygen atoms in total. The SMILES string of the molecule is N#CCC(O)c1ccnc2ccccc12. The van der Waals surface area contributed by atoms with Gasteiger partial charge in [-0.2, -0.15) is 5.26 Å². The molecule has 0 saturated carbocycles. The van der Waals surface area contributed by atoms with Crippen molar-refractivity contribution in [2.24, 2.45) is 0 Å². The van der Waals surface area contributed by atoms with Crippen LogP contribution < -0.4 is 0 Å². The van der Waals surface area contributed by atoms with Crippen LogP contribution in [-0.4, -0.2) is 10.1 Å². The number of fused-ring (bicyclic) bond motifs is 1. The predicted octanol–water partition coefficient (Wildman–Crippen LogP) is 2.18. The molecule has 2 aromatic rings. The van der Waals surface area contributed by atoms with Gasteiger partial charge >= 0.3 is 0 Å². The van der Waals surface area contributed by atoms with Gasteiger partial charge < -0.3 is 5.11 Å². The van der Waals surface area contributed by atoms with E-state index in [1.807, 2.05) is 30.3 Å². The summed E-state index contributed by atoms with van der Waals surface area (Å²) in [6, 6.07) is 11.3. The highest BCUT2D eigenvalue weighted by Crippen LogP contribution is 2.24. The van der Waals surface area contributed by atoms with Gasteiger partial charge in [0.25, 0.3) is 0 Å². The first-order valence-electron chi connectivity index (χ1n) is 4.71. The summed E-state index contributed by atoms with van der Waals surface area (Å²) in [6.45, 7) is 0. The topological polar surface area (TPSA) is 56.9 Å². The van der Waals surface area contributed by atoms with Crippen molar-refractivity contribution < 1.29 is 5.11 Å². The van der Waals surface area contributed by atoms with Gasteiger partial charge in [-0.25, -0.2) is 0 Å². The fourth-order valence-corrected chi connectivity index (χ4v) is 1.60. The van der Waals surface area contributed by atoms with Crippen molar-refractivity contribution in [1.29, 1.82) is 5.26 Å². The Morgan fingerprint density at radius 1 is 1.33 bits per heavy atom. The van der Waals surface area contributed by atoms with E-state index in [0.29, 0.717) is 0 Å². The molecule has 1 aromatic carbocycles. The number of hydrogen-bond donors (Lipinski definition) is 1. The summed E-state index contributed by atoms with van der Waals surface area (Å²) in [4.78, 5) is 4.19. The largest absolute Gasteiger partial charge is 0.387 e. The minimum atomic E-state index is -0.733. The number of benzene rings is 1. The van der Waals surface area contributed by atoms with E-state index >= 15 is 0 Å². The van der Waals surface area contributed by atoms with Crippen LogP contribution in [0.5, 0.6) is 0 Å². The van der Waals surface area contributed by atoms with E-state index in [1.54, 1.807) is 12.3 Å². The molecule has 1 atom stereocenters. The van der Waals surface area contributed by atoms with E-state index in [1.165, 1.54) is 0 Å². The standard InChI is InChI=1S/C12H10N2O/c13-7-5-12(15)10-6-8-14-11-4-2-1-3-9(10)11/h1-4,6,8,12,15H,5H2. The summed E-state index contributed by atoms with van der Waals surface area (Å²) in [6.07, 6.45) is 1.02. The number of aliphatic hydroxyl groups excluding tert-OH is 1. The highest BCUT2D eigenvalue weighted by atomic mass is 16.3. The molecule has 0 amide bonds. The lowest BCUT2D eigenvalue weighted by molar-refractivity contribution is 0.185. The molecule has 0 bridgehead atoms. The summed E-state index contributed by atoms with van der Waals surface area (Å²) in [5.74, 6) is 0. The highest BCUT2D eigenvalue weighted by molar-refractivity contribution is 5.82. The average molecular weight is 198 g/mol. The molecule has 1 heterocycles. The summed E-state index contributed by atoms with van der Waals surface area (Å²) in [7, 11) is 0. The number of nitriles is 1. The Labute approximate surface area is 87.6 Å². The molecular weight excluding hydrogens is 188 g/mol. The van der Waals surface area contributed by atoms with Gasteiger partial charge in [0.05, 0.1) is 24.1 Å². The van der Waals surface area contributed by atoms with E-state index in [9.17, 15) is 5.11 Å². The van der Waals surface area contributed by atoms with Crippen molar-refractivity contribution >= 4 is 10.9 Å². The van der Waals surface area contributed by atoms with Crippen molar-refractivity contribution in [1.82, 2.24) is 4.98 Å². The summed E-state index contributed by atoms with van der Waals surface area (Å²) >= 11 is 0. The maximum absolute atomic E-state index is 9.77. The minimum Gasteiger partial charge on any atom is -0.387 e. The molecule has 0 fully saturated rings. The van der Waals surface area contributed by atoms with Gasteiger partial charge in [-0.05, 0) is 17.7 Å². The molecule has 1 N–H and O–H groups in total. The molecule has 1 unspecified atom stereocenters. The second kappa shape index (κ2) is 4.07. The number of hydrogen-bond acceptors (Lipinski definition) is 3. The zero-order chi connectivity index (χ0) is 10.7. The van der Waals surface area contributed by atoms with Crippen molar-refractivity contribution in [2.75, 3.05) is 0 Å². The monoisotopic (exact) mass is 198 g/mol. The third-order valence-corrected chi connectivity index (χ3v) is 2.33. The maximum atomic E-state index is 9.77. The van der Waals surface area contributed by atoms with Crippen LogP contribution in [0.25, 0.3) is 10.9 Å². The van der Waals surface area contributed by atoms with E-state index in [-0.39, 0.29) is 6.42 Å². The molecule has 2 rings (SSSR count). The fraction of sp³-hybridized carbons (Fsp3) is 0.167. The zero-order valence-electron chi connectivity index (χ0n) is 8.09. The molecule has 0 radical (unpaired) electrons. The molecule has 0 spiro atoms. The zero-order valence-corrected chi connectivity index (χ0v) is 8.09. The predicted molar refractivity (Wildman–Crippen MR) is 56.9 cm³/mol. The molecular formula is C12H10N2O. The lowest BCUT2D eigenvalue weighted by atomic mass is 10.0. The van der Waals surface area contributed by atoms with Crippen LogP contribution >= 0.6 is 0 Å². The van der Waals surface area contributed by atoms with Gasteiger partial charge in [-0.3, -0.25) is 4.98 Å². The van der Waals surface area contributed by atoms with Gasteiger partial charge in [0, 0.05) is 11.6 Å². The number of rotatable bonds is 2. The van der Waals surface area contributed by atoms with E-state index < -0.39 is 6.10 Å². The fourth-order valence-electron chi connectivity index (χ4n) is 1.60. The van der Waals surface area contributed by atoms with Gasteiger partial charge in [0.2, 0.25) is 0 Å². The summed E-state index contributed by atoms with van der Waals surface area (Å²) in [5, 5.41) is 19.2. The van der Waals surface area contributed by atoms with Crippen molar-refractivity contribution in [3.05, 3.63) is 42.1 Å². The number of aromatic nitrogens is 1. The third-order valence-electron chi connectivity index (χ3n) is 2.33. The molecule has 3 heteroatoms. The van der Waals surface area contributed by atoms with Gasteiger partial charge in [-0.1, -0.05) is 18.2 Å². The lowest BCUT2D eigenvalue weighted by Crippen LogP contribution is -1.97. The van der Waals surface area contributed by atoms with Gasteiger partial charge in [-0.15, -0.1) is 0 Å². The average Bonchev–Trinajstić information content (AvgIpc) is 2.28. The van der Waals surface area contributed by atoms with Crippen LogP contribution in [0.1, 0.15) is 18.1 Å². The summed E-state index contributed by atoms with van der Waals surface area (Å²) in [5.41, 5.74) is 1.61. The molecule has 1 aromatic heterocycles. The molecule has 0 aliphatic carbocycles. The Morgan fingerprint density at radius 2 is 2.13 bits per heavy atom. The Bertz CT molecular complexity index is 511. The number of nitrogens with zero attached hydrogens (tertiary/aromatic N) is 2. The Hall–Kier alpha value is -1.92. The van der Waals surface area contributed by atoms with Crippen LogP contribution in [0, 0.1) is 11.3 Å². The first kappa shape index (κ1) is 9.63. The van der Waals surface area contributed by atoms with Gasteiger partial charge in [0.15, 0.2) is 0 Å². The molecule has 0 aliphatic rings. The lowest BCUT2D eigenvalue weighted by Gasteiger charge is -2.09. The quantitative estimate of drug-likeness (QED) is 0.804. The Kier molecular flexibility index (Phi) is 2.61. The second-order valence-corrected chi connectivity index (χ2v) is 3.30. The van der Waals surface area contributed by atoms with E-state index in [4.69, 9.17) is 5.26 Å². The molecule has 74 valence electrons. The summed E-state index contributed by atoms with van der Waals surface area (Å²) < 4.78 is 0. The first-order chi connectivity index (χ1) is 7.33. The Morgan fingerprint density at radius 3 is 2.93 bits per heavy atom. The van der Waals surface area contributed by atoms with Crippen LogP contribution in [0.4, 0.5) is 0 Å². The number of pyridine rings is 1. The molecule has 15 heavy (non-hydrogen) atoms. The van der Waals surface area contributed by atoms with Crippen LogP contribution in [0.2, 0.25) is 0 Å². The third kappa shape index (κ3) is 1.80. The van der Waals surface area contributed by atoms with Gasteiger partial charge in [0.1, 0.15) is 0 Å². The second-order valence-electron chi connectivity index (χ2n) is 3.30. The van der Waals surface area contributed by atoms with Crippen molar-refractivity contribution in [2.45, 2.75) is 12.5 Å². The molecule has 0 aliphatic heterocycles. The van der Waals surface area contributed by atoms with E-state index in [0.717, 1.165) is 16.5 Å². The first-order valence-corrected chi connectivity index (χ1v) is 4.71. The van der Waals surface area contributed by atoms with Crippen LogP contribution in [0.15, 0.2) is 36.5 Å². The van der Waals surface area contributed by atoms with E-state index in [2.05, 4.69) is 4.98 Å². The minimum absolute atomic E-state index is 0.105. The smallest absolute Gasteiger partial charge is 0.0927 e. The number of aliphatic hydroxyl groups is 1. The Balaban J connectivity index is 2.56. The van der Waals surface area contributed by atoms with Crippen molar-refractivity contribution in [3.8, 4) is 6.07 Å². The molecule has 0 saturated heterocycles. The van der Waals surface area contributed by atoms with Crippen LogP contribution in [0.3, 0.4) is 0 Å².